The van der Waals surface area contributed by atoms with Crippen LogP contribution in [-0.2, 0) is 6.54 Å². The van der Waals surface area contributed by atoms with Crippen molar-refractivity contribution in [1.82, 2.24) is 19.8 Å². The zero-order chi connectivity index (χ0) is 26.4. The average molecular weight is 513 g/mol. The molecule has 38 heavy (non-hydrogen) atoms. The standard InChI is InChI=1S/C31H33FN4O2/c1-19-7-8-23(16-26(19)32)29-6-4-5-11-36(29)31(37)35-12-13-38-30-20(2)14-24(15-25(30)18-35)22-9-10-27-28(17-22)34-21(3)33-27/h7-10,14-17,29H,4-6,11-13,18H2,1-3H3,(H,33,34). The van der Waals surface area contributed by atoms with Gasteiger partial charge in [0.15, 0.2) is 0 Å². The molecule has 6 nitrogen and oxygen atoms in total. The Morgan fingerprint density at radius 2 is 1.87 bits per heavy atom. The number of likely N-dealkylation sites (tertiary alicyclic amines) is 1. The summed E-state index contributed by atoms with van der Waals surface area (Å²) < 4.78 is 20.6. The van der Waals surface area contributed by atoms with E-state index >= 15 is 0 Å². The highest BCUT2D eigenvalue weighted by molar-refractivity contribution is 5.83. The smallest absolute Gasteiger partial charge is 0.320 e. The molecule has 4 aromatic rings. The summed E-state index contributed by atoms with van der Waals surface area (Å²) in [6.45, 7) is 7.87. The minimum absolute atomic E-state index is 0.00968. The number of hydrogen-bond acceptors (Lipinski definition) is 3. The van der Waals surface area contributed by atoms with Crippen molar-refractivity contribution in [3.63, 3.8) is 0 Å². The molecule has 0 bridgehead atoms. The van der Waals surface area contributed by atoms with Gasteiger partial charge in [0, 0.05) is 12.1 Å². The molecule has 1 N–H and O–H groups in total. The van der Waals surface area contributed by atoms with Crippen molar-refractivity contribution in [1.29, 1.82) is 0 Å². The number of imidazole rings is 1. The van der Waals surface area contributed by atoms with E-state index in [2.05, 4.69) is 41.2 Å². The number of aromatic nitrogens is 2. The molecule has 3 aromatic carbocycles. The van der Waals surface area contributed by atoms with Crippen LogP contribution in [0.4, 0.5) is 9.18 Å². The molecule has 2 aliphatic heterocycles. The fourth-order valence-corrected chi connectivity index (χ4v) is 5.87. The van der Waals surface area contributed by atoms with E-state index in [-0.39, 0.29) is 17.9 Å². The third-order valence-corrected chi connectivity index (χ3v) is 7.85. The molecule has 0 aliphatic carbocycles. The Morgan fingerprint density at radius 3 is 2.71 bits per heavy atom. The number of nitrogens with one attached hydrogen (secondary N) is 1. The number of ether oxygens (including phenoxy) is 1. The first-order valence-electron chi connectivity index (χ1n) is 13.4. The van der Waals surface area contributed by atoms with E-state index in [1.54, 1.807) is 13.0 Å². The second-order valence-electron chi connectivity index (χ2n) is 10.6. The number of carbonyl (C=O) groups excluding carboxylic acids is 1. The number of urea groups is 1. The van der Waals surface area contributed by atoms with Gasteiger partial charge in [0.2, 0.25) is 0 Å². The van der Waals surface area contributed by atoms with Crippen molar-refractivity contribution in [3.8, 4) is 16.9 Å². The molecule has 1 saturated heterocycles. The lowest BCUT2D eigenvalue weighted by Gasteiger charge is -2.39. The van der Waals surface area contributed by atoms with E-state index in [0.29, 0.717) is 31.8 Å². The molecule has 1 aromatic heterocycles. The van der Waals surface area contributed by atoms with Gasteiger partial charge in [0.1, 0.15) is 24.0 Å². The first kappa shape index (κ1) is 24.5. The average Bonchev–Trinajstić information content (AvgIpc) is 3.15. The minimum Gasteiger partial charge on any atom is -0.491 e. The highest BCUT2D eigenvalue weighted by Crippen LogP contribution is 2.36. The van der Waals surface area contributed by atoms with Crippen LogP contribution in [-0.4, -0.2) is 45.5 Å². The number of hydrogen-bond donors (Lipinski definition) is 1. The molecule has 2 amide bonds. The van der Waals surface area contributed by atoms with Gasteiger partial charge in [-0.1, -0.05) is 18.2 Å². The van der Waals surface area contributed by atoms with Gasteiger partial charge in [-0.05, 0) is 98.2 Å². The van der Waals surface area contributed by atoms with Crippen LogP contribution in [0.1, 0.15) is 53.4 Å². The SMILES string of the molecule is Cc1nc2ccc(-c3cc(C)c4c(c3)CN(C(=O)N3CCCCC3c3ccc(C)c(F)c3)CCO4)cc2[nH]1. The number of H-pyrrole nitrogens is 1. The molecule has 6 rings (SSSR count). The topological polar surface area (TPSA) is 61.5 Å². The second kappa shape index (κ2) is 9.78. The predicted molar refractivity (Wildman–Crippen MR) is 147 cm³/mol. The first-order valence-corrected chi connectivity index (χ1v) is 13.4. The second-order valence-corrected chi connectivity index (χ2v) is 10.6. The normalized spacial score (nSPS) is 17.7. The quantitative estimate of drug-likeness (QED) is 0.320. The molecule has 1 atom stereocenters. The molecule has 3 heterocycles. The van der Waals surface area contributed by atoms with Gasteiger partial charge >= 0.3 is 6.03 Å². The minimum atomic E-state index is -0.218. The number of piperidine rings is 1. The fraction of sp³-hybridized carbons (Fsp3) is 0.355. The molecule has 0 spiro atoms. The lowest BCUT2D eigenvalue weighted by molar-refractivity contribution is 0.110. The highest BCUT2D eigenvalue weighted by Gasteiger charge is 2.33. The summed E-state index contributed by atoms with van der Waals surface area (Å²) in [5.74, 6) is 1.53. The van der Waals surface area contributed by atoms with Crippen LogP contribution < -0.4 is 4.74 Å². The van der Waals surface area contributed by atoms with Crippen LogP contribution in [0.15, 0.2) is 48.5 Å². The van der Waals surface area contributed by atoms with E-state index in [4.69, 9.17) is 4.74 Å². The van der Waals surface area contributed by atoms with Crippen LogP contribution in [0.2, 0.25) is 0 Å². The van der Waals surface area contributed by atoms with Crippen molar-refractivity contribution in [2.75, 3.05) is 19.7 Å². The monoisotopic (exact) mass is 512 g/mol. The summed E-state index contributed by atoms with van der Waals surface area (Å²) in [5, 5.41) is 0. The third kappa shape index (κ3) is 4.51. The summed E-state index contributed by atoms with van der Waals surface area (Å²) in [7, 11) is 0. The number of rotatable bonds is 2. The lowest BCUT2D eigenvalue weighted by atomic mass is 9.94. The molecule has 196 valence electrons. The summed E-state index contributed by atoms with van der Waals surface area (Å²) in [6.07, 6.45) is 2.82. The zero-order valence-corrected chi connectivity index (χ0v) is 22.2. The summed E-state index contributed by atoms with van der Waals surface area (Å²) >= 11 is 0. The van der Waals surface area contributed by atoms with Crippen LogP contribution in [0.3, 0.4) is 0 Å². The van der Waals surface area contributed by atoms with E-state index < -0.39 is 0 Å². The van der Waals surface area contributed by atoms with Crippen molar-refractivity contribution >= 4 is 17.1 Å². The van der Waals surface area contributed by atoms with E-state index in [9.17, 15) is 9.18 Å². The number of aromatic amines is 1. The highest BCUT2D eigenvalue weighted by atomic mass is 19.1. The Hall–Kier alpha value is -3.87. The molecule has 1 fully saturated rings. The number of halogens is 1. The number of benzene rings is 3. The van der Waals surface area contributed by atoms with Crippen LogP contribution in [0, 0.1) is 26.6 Å². The Bertz CT molecular complexity index is 1530. The summed E-state index contributed by atoms with van der Waals surface area (Å²) in [6, 6.07) is 15.8. The largest absolute Gasteiger partial charge is 0.491 e. The van der Waals surface area contributed by atoms with Crippen LogP contribution >= 0.6 is 0 Å². The van der Waals surface area contributed by atoms with Gasteiger partial charge in [-0.25, -0.2) is 14.2 Å². The Balaban J connectivity index is 1.30. The van der Waals surface area contributed by atoms with E-state index in [0.717, 1.165) is 69.7 Å². The Labute approximate surface area is 222 Å². The maximum absolute atomic E-state index is 14.4. The lowest BCUT2D eigenvalue weighted by Crippen LogP contribution is -2.47. The maximum Gasteiger partial charge on any atom is 0.320 e. The molecular formula is C31H33FN4O2. The van der Waals surface area contributed by atoms with Crippen molar-refractivity contribution in [2.45, 2.75) is 52.6 Å². The number of nitrogens with zero attached hydrogens (tertiary/aromatic N) is 3. The van der Waals surface area contributed by atoms with Gasteiger partial charge in [-0.2, -0.15) is 0 Å². The number of carbonyl (C=O) groups is 1. The predicted octanol–water partition coefficient (Wildman–Crippen LogP) is 6.84. The molecule has 1 unspecified atom stereocenters. The fourth-order valence-electron chi connectivity index (χ4n) is 5.87. The van der Waals surface area contributed by atoms with Gasteiger partial charge in [-0.15, -0.1) is 0 Å². The molecule has 0 saturated carbocycles. The van der Waals surface area contributed by atoms with Crippen LogP contribution in [0.5, 0.6) is 5.75 Å². The Kier molecular flexibility index (Phi) is 6.30. The summed E-state index contributed by atoms with van der Waals surface area (Å²) in [5.41, 5.74) is 7.67. The number of amides is 2. The zero-order valence-electron chi connectivity index (χ0n) is 22.2. The molecular weight excluding hydrogens is 479 g/mol. The summed E-state index contributed by atoms with van der Waals surface area (Å²) in [4.78, 5) is 25.6. The van der Waals surface area contributed by atoms with E-state index in [1.807, 2.05) is 34.9 Å². The Morgan fingerprint density at radius 1 is 1.00 bits per heavy atom. The van der Waals surface area contributed by atoms with Crippen molar-refractivity contribution < 1.29 is 13.9 Å². The maximum atomic E-state index is 14.4. The van der Waals surface area contributed by atoms with Gasteiger partial charge in [0.05, 0.1) is 30.2 Å². The molecule has 2 aliphatic rings. The molecule has 7 heteroatoms. The van der Waals surface area contributed by atoms with Gasteiger partial charge in [-0.3, -0.25) is 0 Å². The van der Waals surface area contributed by atoms with Gasteiger partial charge in [0.25, 0.3) is 0 Å². The van der Waals surface area contributed by atoms with Gasteiger partial charge < -0.3 is 19.5 Å². The van der Waals surface area contributed by atoms with Crippen LogP contribution in [0.25, 0.3) is 22.2 Å². The van der Waals surface area contributed by atoms with E-state index in [1.165, 1.54) is 0 Å². The number of fused-ring (bicyclic) bond motifs is 2. The molecule has 0 radical (unpaired) electrons. The first-order chi connectivity index (χ1) is 18.4. The van der Waals surface area contributed by atoms with Crippen molar-refractivity contribution in [3.05, 3.63) is 82.4 Å². The number of aryl methyl sites for hydroxylation is 3. The van der Waals surface area contributed by atoms with Crippen molar-refractivity contribution in [2.24, 2.45) is 0 Å². The third-order valence-electron chi connectivity index (χ3n) is 7.85.